The highest BCUT2D eigenvalue weighted by Crippen LogP contribution is 2.16. The van der Waals surface area contributed by atoms with Crippen LogP contribution in [0.4, 0.5) is 0 Å². The summed E-state index contributed by atoms with van der Waals surface area (Å²) in [5, 5.41) is 3.00. The summed E-state index contributed by atoms with van der Waals surface area (Å²) >= 11 is 0. The summed E-state index contributed by atoms with van der Waals surface area (Å²) in [7, 11) is 0. The number of rotatable bonds is 7. The highest BCUT2D eigenvalue weighted by atomic mass is 35.5. The first-order valence-corrected chi connectivity index (χ1v) is 6.96. The number of likely N-dealkylation sites (tertiary alicyclic amines) is 1. The maximum Gasteiger partial charge on any atom is 0.233 e. The molecule has 0 bridgehead atoms. The number of carbonyl (C=O) groups is 1. The van der Waals surface area contributed by atoms with Crippen molar-refractivity contribution in [1.29, 1.82) is 0 Å². The van der Waals surface area contributed by atoms with Crippen LogP contribution in [-0.2, 0) is 9.53 Å². The molecule has 0 spiro atoms. The minimum absolute atomic E-state index is 0. The molecule has 1 amide bonds. The van der Waals surface area contributed by atoms with Gasteiger partial charge in [-0.25, -0.2) is 0 Å². The van der Waals surface area contributed by atoms with Gasteiger partial charge < -0.3 is 20.7 Å². The van der Waals surface area contributed by atoms with Crippen molar-refractivity contribution in [3.05, 3.63) is 0 Å². The number of piperidine rings is 1. The second kappa shape index (κ2) is 12.7. The molecule has 122 valence electrons. The molecule has 5 nitrogen and oxygen atoms in total. The molecule has 0 aromatic rings. The number of hydrogen-bond donors (Lipinski definition) is 2. The molecule has 1 heterocycles. The van der Waals surface area contributed by atoms with Crippen molar-refractivity contribution in [2.45, 2.75) is 32.7 Å². The molecule has 0 aliphatic carbocycles. The molecular formula is C13H29Cl2N3O2. The van der Waals surface area contributed by atoms with Gasteiger partial charge in [-0.2, -0.15) is 0 Å². The van der Waals surface area contributed by atoms with Crippen molar-refractivity contribution in [3.8, 4) is 0 Å². The lowest BCUT2D eigenvalue weighted by Crippen LogP contribution is -2.51. The number of amides is 1. The quantitative estimate of drug-likeness (QED) is 0.685. The van der Waals surface area contributed by atoms with Gasteiger partial charge in [0, 0.05) is 38.9 Å². The zero-order chi connectivity index (χ0) is 13.4. The third-order valence-electron chi connectivity index (χ3n) is 3.49. The van der Waals surface area contributed by atoms with Crippen LogP contribution in [0.1, 0.15) is 26.7 Å². The fraction of sp³-hybridized carbons (Fsp3) is 0.923. The van der Waals surface area contributed by atoms with E-state index in [0.29, 0.717) is 5.92 Å². The maximum absolute atomic E-state index is 11.3. The first kappa shape index (κ1) is 22.2. The van der Waals surface area contributed by atoms with Gasteiger partial charge in [-0.1, -0.05) is 6.92 Å². The summed E-state index contributed by atoms with van der Waals surface area (Å²) in [5.74, 6) is 0.443. The molecule has 2 unspecified atom stereocenters. The van der Waals surface area contributed by atoms with Gasteiger partial charge in [0.15, 0.2) is 0 Å². The largest absolute Gasteiger partial charge is 0.382 e. The molecule has 0 aromatic heterocycles. The van der Waals surface area contributed by atoms with Crippen LogP contribution in [0.3, 0.4) is 0 Å². The van der Waals surface area contributed by atoms with Crippen LogP contribution in [0.5, 0.6) is 0 Å². The third-order valence-corrected chi connectivity index (χ3v) is 3.49. The second-order valence-electron chi connectivity index (χ2n) is 5.00. The number of ether oxygens (including phenoxy) is 1. The Kier molecular flexibility index (Phi) is 14.1. The zero-order valence-electron chi connectivity index (χ0n) is 12.5. The molecule has 1 saturated heterocycles. The van der Waals surface area contributed by atoms with Crippen molar-refractivity contribution in [2.24, 2.45) is 11.7 Å². The number of nitrogens with zero attached hydrogens (tertiary/aromatic N) is 1. The monoisotopic (exact) mass is 329 g/mol. The van der Waals surface area contributed by atoms with E-state index in [1.165, 1.54) is 0 Å². The van der Waals surface area contributed by atoms with Crippen LogP contribution >= 0.6 is 24.8 Å². The van der Waals surface area contributed by atoms with E-state index in [1.807, 2.05) is 6.92 Å². The van der Waals surface area contributed by atoms with E-state index >= 15 is 0 Å². The Hall–Kier alpha value is -0.0700. The molecule has 0 saturated carbocycles. The summed E-state index contributed by atoms with van der Waals surface area (Å²) in [6.07, 6.45) is 2.10. The highest BCUT2D eigenvalue weighted by molar-refractivity contribution is 5.85. The molecule has 3 N–H and O–H groups in total. The van der Waals surface area contributed by atoms with Gasteiger partial charge in [-0.3, -0.25) is 4.79 Å². The van der Waals surface area contributed by atoms with E-state index in [2.05, 4.69) is 17.1 Å². The average Bonchev–Trinajstić information content (AvgIpc) is 2.37. The number of hydrogen-bond acceptors (Lipinski definition) is 4. The van der Waals surface area contributed by atoms with Crippen molar-refractivity contribution in [1.82, 2.24) is 10.2 Å². The summed E-state index contributed by atoms with van der Waals surface area (Å²) in [6, 6.07) is 0.282. The molecule has 7 heteroatoms. The van der Waals surface area contributed by atoms with E-state index in [9.17, 15) is 4.79 Å². The number of carbonyl (C=O) groups excluding carboxylic acids is 1. The Labute approximate surface area is 134 Å². The van der Waals surface area contributed by atoms with E-state index in [4.69, 9.17) is 10.5 Å². The average molecular weight is 330 g/mol. The van der Waals surface area contributed by atoms with E-state index in [0.717, 1.165) is 45.7 Å². The van der Waals surface area contributed by atoms with Crippen LogP contribution in [0.15, 0.2) is 0 Å². The van der Waals surface area contributed by atoms with Crippen LogP contribution in [0, 0.1) is 5.92 Å². The van der Waals surface area contributed by atoms with Gasteiger partial charge in [0.2, 0.25) is 5.91 Å². The smallest absolute Gasteiger partial charge is 0.233 e. The van der Waals surface area contributed by atoms with Crippen LogP contribution in [0.25, 0.3) is 0 Å². The summed E-state index contributed by atoms with van der Waals surface area (Å²) < 4.78 is 5.34. The molecule has 1 fully saturated rings. The van der Waals surface area contributed by atoms with Crippen LogP contribution < -0.4 is 11.1 Å². The SMILES string of the molecule is CCOCCCN1CCC(NC(=O)CN)C(C)C1.Cl.Cl. The highest BCUT2D eigenvalue weighted by Gasteiger charge is 2.26. The topological polar surface area (TPSA) is 67.6 Å². The van der Waals surface area contributed by atoms with Gasteiger partial charge in [0.25, 0.3) is 0 Å². The van der Waals surface area contributed by atoms with Crippen molar-refractivity contribution >= 4 is 30.7 Å². The van der Waals surface area contributed by atoms with Gasteiger partial charge in [-0.15, -0.1) is 24.8 Å². The predicted molar refractivity (Wildman–Crippen MR) is 86.8 cm³/mol. The molecule has 2 atom stereocenters. The molecule has 0 radical (unpaired) electrons. The summed E-state index contributed by atoms with van der Waals surface area (Å²) in [6.45, 7) is 9.11. The Balaban J connectivity index is 0. The van der Waals surface area contributed by atoms with Crippen molar-refractivity contribution < 1.29 is 9.53 Å². The molecule has 1 rings (SSSR count). The molecule has 1 aliphatic heterocycles. The molecule has 1 aliphatic rings. The molecular weight excluding hydrogens is 301 g/mol. The lowest BCUT2D eigenvalue weighted by atomic mass is 9.93. The lowest BCUT2D eigenvalue weighted by Gasteiger charge is -2.37. The molecule has 0 aromatic carbocycles. The van der Waals surface area contributed by atoms with E-state index in [-0.39, 0.29) is 43.3 Å². The lowest BCUT2D eigenvalue weighted by molar-refractivity contribution is -0.121. The zero-order valence-corrected chi connectivity index (χ0v) is 14.1. The van der Waals surface area contributed by atoms with Crippen LogP contribution in [-0.4, -0.2) is 56.2 Å². The number of nitrogens with two attached hydrogens (primary N) is 1. The minimum atomic E-state index is -0.0448. The standard InChI is InChI=1S/C13H27N3O2.2ClH/c1-3-18-8-4-6-16-7-5-12(11(2)10-16)15-13(17)9-14;;/h11-12H,3-10,14H2,1-2H3,(H,15,17);2*1H. The minimum Gasteiger partial charge on any atom is -0.382 e. The van der Waals surface area contributed by atoms with Crippen LogP contribution in [0.2, 0.25) is 0 Å². The number of nitrogens with one attached hydrogen (secondary N) is 1. The number of halogens is 2. The summed E-state index contributed by atoms with van der Waals surface area (Å²) in [5.41, 5.74) is 5.32. The third kappa shape index (κ3) is 8.27. The Morgan fingerprint density at radius 3 is 2.70 bits per heavy atom. The molecule has 20 heavy (non-hydrogen) atoms. The Morgan fingerprint density at radius 2 is 2.15 bits per heavy atom. The first-order valence-electron chi connectivity index (χ1n) is 6.96. The van der Waals surface area contributed by atoms with Gasteiger partial charge in [0.05, 0.1) is 6.54 Å². The maximum atomic E-state index is 11.3. The fourth-order valence-electron chi connectivity index (χ4n) is 2.45. The normalized spacial score (nSPS) is 22.6. The second-order valence-corrected chi connectivity index (χ2v) is 5.00. The van der Waals surface area contributed by atoms with Gasteiger partial charge in [0.1, 0.15) is 0 Å². The van der Waals surface area contributed by atoms with Gasteiger partial charge >= 0.3 is 0 Å². The van der Waals surface area contributed by atoms with E-state index < -0.39 is 0 Å². The van der Waals surface area contributed by atoms with Crippen molar-refractivity contribution in [2.75, 3.05) is 39.4 Å². The summed E-state index contributed by atoms with van der Waals surface area (Å²) in [4.78, 5) is 13.7. The fourth-order valence-corrected chi connectivity index (χ4v) is 2.45. The van der Waals surface area contributed by atoms with Gasteiger partial charge in [-0.05, 0) is 25.7 Å². The predicted octanol–water partition coefficient (Wildman–Crippen LogP) is 1.04. The first-order chi connectivity index (χ1) is 8.67. The Bertz CT molecular complexity index is 258. The van der Waals surface area contributed by atoms with Crippen molar-refractivity contribution in [3.63, 3.8) is 0 Å². The van der Waals surface area contributed by atoms with E-state index in [1.54, 1.807) is 0 Å². The Morgan fingerprint density at radius 1 is 1.45 bits per heavy atom.